The van der Waals surface area contributed by atoms with E-state index < -0.39 is 0 Å². The molecule has 0 atom stereocenters. The molecule has 0 radical (unpaired) electrons. The molecule has 1 heterocycles. The van der Waals surface area contributed by atoms with E-state index in [-0.39, 0.29) is 12.4 Å². The molecule has 0 fully saturated rings. The Kier molecular flexibility index (Phi) is 8.87. The fourth-order valence-electron chi connectivity index (χ4n) is 2.07. The number of hydrogen-bond donors (Lipinski definition) is 0. The highest BCUT2D eigenvalue weighted by atomic mass is 79.9. The fourth-order valence-corrected chi connectivity index (χ4v) is 4.20. The van der Waals surface area contributed by atoms with E-state index in [0.717, 1.165) is 31.8 Å². The van der Waals surface area contributed by atoms with Gasteiger partial charge in [-0.3, -0.25) is 4.98 Å². The number of hydrogen-bond acceptors (Lipinski definition) is 3. The molecule has 3 rings (SSSR count). The lowest BCUT2D eigenvalue weighted by molar-refractivity contribution is 1.09. The van der Waals surface area contributed by atoms with E-state index in [0.29, 0.717) is 0 Å². The highest BCUT2D eigenvalue weighted by Crippen LogP contribution is 2.26. The minimum Gasteiger partial charge on any atom is -0.256 e. The molecule has 0 amide bonds. The third kappa shape index (κ3) is 6.99. The molecule has 1 aromatic heterocycles. The van der Waals surface area contributed by atoms with Gasteiger partial charge in [-0.2, -0.15) is 0 Å². The molecule has 6 heteroatoms. The average molecular weight is 518 g/mol. The van der Waals surface area contributed by atoms with Crippen LogP contribution in [0.15, 0.2) is 85.5 Å². The van der Waals surface area contributed by atoms with Gasteiger partial charge < -0.3 is 0 Å². The number of thioether (sulfide) groups is 2. The number of pyridine rings is 1. The zero-order chi connectivity index (χ0) is 16.8. The Bertz CT molecular complexity index is 731. The first-order chi connectivity index (χ1) is 11.7. The van der Waals surface area contributed by atoms with Gasteiger partial charge in [0.15, 0.2) is 0 Å². The fraction of sp³-hybridized carbons (Fsp3) is 0.105. The third-order valence-electron chi connectivity index (χ3n) is 3.27. The molecule has 0 saturated heterocycles. The lowest BCUT2D eigenvalue weighted by atomic mass is 10.3. The van der Waals surface area contributed by atoms with Crippen molar-refractivity contribution in [3.8, 4) is 0 Å². The summed E-state index contributed by atoms with van der Waals surface area (Å²) in [6.07, 6.45) is 0. The molecule has 3 aromatic rings. The topological polar surface area (TPSA) is 12.9 Å². The van der Waals surface area contributed by atoms with Gasteiger partial charge in [0.05, 0.1) is 11.4 Å². The largest absolute Gasteiger partial charge is 0.256 e. The first kappa shape index (κ1) is 20.8. The van der Waals surface area contributed by atoms with E-state index >= 15 is 0 Å². The summed E-state index contributed by atoms with van der Waals surface area (Å²) in [4.78, 5) is 7.30. The summed E-state index contributed by atoms with van der Waals surface area (Å²) >= 11 is 10.6. The molecule has 0 spiro atoms. The summed E-state index contributed by atoms with van der Waals surface area (Å²) in [7, 11) is 0. The van der Waals surface area contributed by atoms with Crippen molar-refractivity contribution < 1.29 is 0 Å². The lowest BCUT2D eigenvalue weighted by Gasteiger charge is -2.05. The van der Waals surface area contributed by atoms with Crippen LogP contribution in [0.25, 0.3) is 0 Å². The van der Waals surface area contributed by atoms with E-state index in [1.165, 1.54) is 9.79 Å². The second-order valence-corrected chi connectivity index (χ2v) is 9.03. The SMILES string of the molecule is Brc1ccc(SCc2cccc(CSc3ccc(Br)cc3)n2)cc1.Cl. The van der Waals surface area contributed by atoms with Gasteiger partial charge in [-0.15, -0.1) is 35.9 Å². The van der Waals surface area contributed by atoms with Gasteiger partial charge in [-0.25, -0.2) is 0 Å². The maximum atomic E-state index is 4.78. The molecule has 0 N–H and O–H groups in total. The molecular formula is C19H16Br2ClNS2. The van der Waals surface area contributed by atoms with Crippen LogP contribution >= 0.6 is 67.8 Å². The van der Waals surface area contributed by atoms with Crippen molar-refractivity contribution in [3.05, 3.63) is 87.1 Å². The molecule has 2 aromatic carbocycles. The zero-order valence-electron chi connectivity index (χ0n) is 13.2. The third-order valence-corrected chi connectivity index (χ3v) is 6.41. The predicted molar refractivity (Wildman–Crippen MR) is 119 cm³/mol. The van der Waals surface area contributed by atoms with Crippen LogP contribution in [0.4, 0.5) is 0 Å². The van der Waals surface area contributed by atoms with Gasteiger partial charge in [-0.1, -0.05) is 37.9 Å². The van der Waals surface area contributed by atoms with E-state index in [9.17, 15) is 0 Å². The first-order valence-corrected chi connectivity index (χ1v) is 11.0. The Labute approximate surface area is 180 Å². The van der Waals surface area contributed by atoms with Crippen molar-refractivity contribution in [2.45, 2.75) is 21.3 Å². The van der Waals surface area contributed by atoms with Gasteiger partial charge in [0.25, 0.3) is 0 Å². The summed E-state index contributed by atoms with van der Waals surface area (Å²) in [5, 5.41) is 0. The van der Waals surface area contributed by atoms with E-state index in [2.05, 4.69) is 98.6 Å². The summed E-state index contributed by atoms with van der Waals surface area (Å²) in [6, 6.07) is 23.1. The second kappa shape index (κ2) is 10.6. The molecule has 130 valence electrons. The molecule has 25 heavy (non-hydrogen) atoms. The maximum absolute atomic E-state index is 4.78. The Hall–Kier alpha value is -0.460. The van der Waals surface area contributed by atoms with Crippen molar-refractivity contribution >= 4 is 67.8 Å². The van der Waals surface area contributed by atoms with Crippen LogP contribution in [0.1, 0.15) is 11.4 Å². The smallest absolute Gasteiger partial charge is 0.0509 e. The predicted octanol–water partition coefficient (Wildman–Crippen LogP) is 7.61. The van der Waals surface area contributed by atoms with E-state index in [4.69, 9.17) is 4.98 Å². The van der Waals surface area contributed by atoms with Gasteiger partial charge in [-0.05, 0) is 60.7 Å². The van der Waals surface area contributed by atoms with Crippen molar-refractivity contribution in [2.75, 3.05) is 0 Å². The standard InChI is InChI=1S/C19H15Br2NS2.ClH/c20-14-4-8-18(9-5-14)23-12-16-2-1-3-17(22-16)13-24-19-10-6-15(21)7-11-19;/h1-11H,12-13H2;1H. The van der Waals surface area contributed by atoms with E-state index in [1.54, 1.807) is 0 Å². The van der Waals surface area contributed by atoms with Crippen LogP contribution in [0.3, 0.4) is 0 Å². The quantitative estimate of drug-likeness (QED) is 0.312. The zero-order valence-corrected chi connectivity index (χ0v) is 18.8. The highest BCUT2D eigenvalue weighted by molar-refractivity contribution is 9.10. The minimum atomic E-state index is 0. The van der Waals surface area contributed by atoms with Crippen molar-refractivity contribution in [3.63, 3.8) is 0 Å². The minimum absolute atomic E-state index is 0. The van der Waals surface area contributed by atoms with Gasteiger partial charge in [0.1, 0.15) is 0 Å². The molecule has 0 aliphatic carbocycles. The van der Waals surface area contributed by atoms with Gasteiger partial charge in [0.2, 0.25) is 0 Å². The van der Waals surface area contributed by atoms with Crippen molar-refractivity contribution in [1.29, 1.82) is 0 Å². The number of rotatable bonds is 6. The molecule has 0 saturated carbocycles. The molecule has 0 bridgehead atoms. The van der Waals surface area contributed by atoms with Gasteiger partial charge >= 0.3 is 0 Å². The molecular weight excluding hydrogens is 502 g/mol. The number of benzene rings is 2. The van der Waals surface area contributed by atoms with Crippen LogP contribution in [-0.2, 0) is 11.5 Å². The Morgan fingerprint density at radius 1 is 0.640 bits per heavy atom. The average Bonchev–Trinajstić information content (AvgIpc) is 2.61. The molecule has 0 unspecified atom stereocenters. The summed E-state index contributed by atoms with van der Waals surface area (Å²) in [5.74, 6) is 1.77. The number of aromatic nitrogens is 1. The highest BCUT2D eigenvalue weighted by Gasteiger charge is 2.02. The molecule has 1 nitrogen and oxygen atoms in total. The first-order valence-electron chi connectivity index (χ1n) is 7.40. The molecule has 0 aliphatic rings. The lowest BCUT2D eigenvalue weighted by Crippen LogP contribution is -1.92. The summed E-state index contributed by atoms with van der Waals surface area (Å²) in [5.41, 5.74) is 2.24. The van der Waals surface area contributed by atoms with Crippen LogP contribution in [0.5, 0.6) is 0 Å². The van der Waals surface area contributed by atoms with Crippen molar-refractivity contribution in [1.82, 2.24) is 4.98 Å². The Morgan fingerprint density at radius 2 is 1.04 bits per heavy atom. The summed E-state index contributed by atoms with van der Waals surface area (Å²) < 4.78 is 2.22. The Morgan fingerprint density at radius 3 is 1.44 bits per heavy atom. The van der Waals surface area contributed by atoms with E-state index in [1.807, 2.05) is 23.5 Å². The molecule has 0 aliphatic heterocycles. The number of halogens is 3. The van der Waals surface area contributed by atoms with Crippen LogP contribution in [-0.4, -0.2) is 4.98 Å². The van der Waals surface area contributed by atoms with Crippen molar-refractivity contribution in [2.24, 2.45) is 0 Å². The second-order valence-electron chi connectivity index (χ2n) is 5.11. The summed E-state index contributed by atoms with van der Waals surface area (Å²) in [6.45, 7) is 0. The monoisotopic (exact) mass is 515 g/mol. The van der Waals surface area contributed by atoms with Crippen LogP contribution < -0.4 is 0 Å². The van der Waals surface area contributed by atoms with Crippen LogP contribution in [0, 0.1) is 0 Å². The maximum Gasteiger partial charge on any atom is 0.0509 e. The number of nitrogens with zero attached hydrogens (tertiary/aromatic N) is 1. The van der Waals surface area contributed by atoms with Gasteiger partial charge in [0, 0.05) is 30.2 Å². The Balaban J connectivity index is 0.00000225. The normalized spacial score (nSPS) is 10.3. The van der Waals surface area contributed by atoms with Crippen LogP contribution in [0.2, 0.25) is 0 Å².